The van der Waals surface area contributed by atoms with Crippen LogP contribution >= 0.6 is 15.9 Å². The molecule has 0 aliphatic heterocycles. The van der Waals surface area contributed by atoms with Crippen molar-refractivity contribution in [2.75, 3.05) is 19.5 Å². The van der Waals surface area contributed by atoms with Crippen molar-refractivity contribution in [3.05, 3.63) is 40.9 Å². The third-order valence-corrected chi connectivity index (χ3v) is 3.62. The number of benzene rings is 2. The number of methoxy groups -OCH3 is 2. The van der Waals surface area contributed by atoms with Crippen LogP contribution in [0.5, 0.6) is 11.5 Å². The standard InChI is InChI=1S/C15H14BrN3O2/c1-20-13-7-11-12(8-14(13)21-2)19-15(18-11)17-10-5-3-9(16)4-6-10/h3-8H,1-2H3,(H2,17,18,19). The predicted octanol–water partition coefficient (Wildman–Crippen LogP) is 4.09. The summed E-state index contributed by atoms with van der Waals surface area (Å²) in [6.45, 7) is 0. The van der Waals surface area contributed by atoms with Crippen LogP contribution in [0.3, 0.4) is 0 Å². The van der Waals surface area contributed by atoms with Crippen molar-refractivity contribution in [2.24, 2.45) is 0 Å². The summed E-state index contributed by atoms with van der Waals surface area (Å²) in [6.07, 6.45) is 0. The average Bonchev–Trinajstić information content (AvgIpc) is 2.89. The van der Waals surface area contributed by atoms with Gasteiger partial charge in [0, 0.05) is 22.3 Å². The first-order chi connectivity index (χ1) is 10.2. The number of hydrogen-bond acceptors (Lipinski definition) is 4. The monoisotopic (exact) mass is 347 g/mol. The Bertz CT molecular complexity index is 727. The van der Waals surface area contributed by atoms with Gasteiger partial charge < -0.3 is 19.8 Å². The maximum atomic E-state index is 5.29. The first kappa shape index (κ1) is 13.8. The van der Waals surface area contributed by atoms with Crippen LogP contribution in [-0.4, -0.2) is 24.2 Å². The van der Waals surface area contributed by atoms with Crippen LogP contribution in [0.4, 0.5) is 11.6 Å². The van der Waals surface area contributed by atoms with Crippen molar-refractivity contribution in [1.82, 2.24) is 9.97 Å². The number of anilines is 2. The van der Waals surface area contributed by atoms with Crippen LogP contribution in [0.25, 0.3) is 11.0 Å². The number of nitrogens with one attached hydrogen (secondary N) is 2. The van der Waals surface area contributed by atoms with E-state index in [4.69, 9.17) is 9.47 Å². The molecule has 0 amide bonds. The largest absolute Gasteiger partial charge is 0.493 e. The fraction of sp³-hybridized carbons (Fsp3) is 0.133. The number of ether oxygens (including phenoxy) is 2. The molecule has 21 heavy (non-hydrogen) atoms. The smallest absolute Gasteiger partial charge is 0.205 e. The van der Waals surface area contributed by atoms with Gasteiger partial charge >= 0.3 is 0 Å². The lowest BCUT2D eigenvalue weighted by Gasteiger charge is -2.06. The van der Waals surface area contributed by atoms with Crippen molar-refractivity contribution in [3.8, 4) is 11.5 Å². The number of nitrogens with zero attached hydrogens (tertiary/aromatic N) is 1. The highest BCUT2D eigenvalue weighted by molar-refractivity contribution is 9.10. The second-order valence-corrected chi connectivity index (χ2v) is 5.36. The molecule has 3 rings (SSSR count). The molecular formula is C15H14BrN3O2. The fourth-order valence-corrected chi connectivity index (χ4v) is 2.33. The molecule has 1 aromatic heterocycles. The van der Waals surface area contributed by atoms with E-state index in [0.717, 1.165) is 21.2 Å². The Kier molecular flexibility index (Phi) is 3.70. The summed E-state index contributed by atoms with van der Waals surface area (Å²) in [5.74, 6) is 2.00. The average molecular weight is 348 g/mol. The summed E-state index contributed by atoms with van der Waals surface area (Å²) >= 11 is 3.41. The molecule has 0 aliphatic carbocycles. The van der Waals surface area contributed by atoms with Crippen molar-refractivity contribution in [3.63, 3.8) is 0 Å². The zero-order valence-electron chi connectivity index (χ0n) is 11.6. The Hall–Kier alpha value is -2.21. The van der Waals surface area contributed by atoms with Gasteiger partial charge in [-0.25, -0.2) is 4.98 Å². The SMILES string of the molecule is COc1cc2nc(Nc3ccc(Br)cc3)[nH]c2cc1OC. The van der Waals surface area contributed by atoms with E-state index >= 15 is 0 Å². The second kappa shape index (κ2) is 5.65. The fourth-order valence-electron chi connectivity index (χ4n) is 2.07. The van der Waals surface area contributed by atoms with Crippen LogP contribution in [0.1, 0.15) is 0 Å². The summed E-state index contributed by atoms with van der Waals surface area (Å²) in [7, 11) is 3.22. The Morgan fingerprint density at radius 1 is 1.05 bits per heavy atom. The van der Waals surface area contributed by atoms with Crippen LogP contribution in [0.15, 0.2) is 40.9 Å². The molecular weight excluding hydrogens is 334 g/mol. The topological polar surface area (TPSA) is 59.2 Å². The molecule has 0 saturated carbocycles. The summed E-state index contributed by atoms with van der Waals surface area (Å²) < 4.78 is 11.6. The van der Waals surface area contributed by atoms with E-state index in [-0.39, 0.29) is 0 Å². The number of imidazole rings is 1. The molecule has 3 aromatic rings. The molecule has 0 aliphatic rings. The third kappa shape index (κ3) is 2.80. The highest BCUT2D eigenvalue weighted by Crippen LogP contribution is 2.32. The van der Waals surface area contributed by atoms with E-state index in [1.165, 1.54) is 0 Å². The lowest BCUT2D eigenvalue weighted by Crippen LogP contribution is -1.91. The zero-order valence-corrected chi connectivity index (χ0v) is 13.2. The van der Waals surface area contributed by atoms with E-state index in [9.17, 15) is 0 Å². The molecule has 5 nitrogen and oxygen atoms in total. The van der Waals surface area contributed by atoms with Crippen LogP contribution in [-0.2, 0) is 0 Å². The van der Waals surface area contributed by atoms with E-state index < -0.39 is 0 Å². The molecule has 0 saturated heterocycles. The van der Waals surface area contributed by atoms with Crippen molar-refractivity contribution < 1.29 is 9.47 Å². The summed E-state index contributed by atoms with van der Waals surface area (Å²) in [4.78, 5) is 7.72. The molecule has 2 aromatic carbocycles. The number of aromatic amines is 1. The van der Waals surface area contributed by atoms with Gasteiger partial charge in [-0.15, -0.1) is 0 Å². The Morgan fingerprint density at radius 2 is 1.71 bits per heavy atom. The highest BCUT2D eigenvalue weighted by atomic mass is 79.9. The van der Waals surface area contributed by atoms with E-state index in [2.05, 4.69) is 31.2 Å². The van der Waals surface area contributed by atoms with Crippen molar-refractivity contribution in [2.45, 2.75) is 0 Å². The molecule has 2 N–H and O–H groups in total. The van der Waals surface area contributed by atoms with Gasteiger partial charge in [-0.3, -0.25) is 0 Å². The van der Waals surface area contributed by atoms with E-state index in [1.807, 2.05) is 36.4 Å². The Balaban J connectivity index is 1.95. The minimum atomic E-state index is 0.659. The molecule has 0 spiro atoms. The minimum absolute atomic E-state index is 0.659. The quantitative estimate of drug-likeness (QED) is 0.746. The Morgan fingerprint density at radius 3 is 2.38 bits per heavy atom. The van der Waals surface area contributed by atoms with Gasteiger partial charge in [0.25, 0.3) is 0 Å². The maximum absolute atomic E-state index is 5.29. The van der Waals surface area contributed by atoms with Gasteiger partial charge in [-0.1, -0.05) is 15.9 Å². The van der Waals surface area contributed by atoms with Crippen molar-refractivity contribution in [1.29, 1.82) is 0 Å². The second-order valence-electron chi connectivity index (χ2n) is 4.44. The van der Waals surface area contributed by atoms with Gasteiger partial charge in [-0.05, 0) is 24.3 Å². The first-order valence-electron chi connectivity index (χ1n) is 6.34. The zero-order chi connectivity index (χ0) is 14.8. The van der Waals surface area contributed by atoms with Gasteiger partial charge in [0.05, 0.1) is 25.3 Å². The summed E-state index contributed by atoms with van der Waals surface area (Å²) in [6, 6.07) is 11.6. The third-order valence-electron chi connectivity index (χ3n) is 3.09. The van der Waals surface area contributed by atoms with Crippen LogP contribution < -0.4 is 14.8 Å². The number of halogens is 1. The summed E-state index contributed by atoms with van der Waals surface area (Å²) in [5, 5.41) is 3.23. The first-order valence-corrected chi connectivity index (χ1v) is 7.13. The lowest BCUT2D eigenvalue weighted by molar-refractivity contribution is 0.356. The maximum Gasteiger partial charge on any atom is 0.205 e. The number of hydrogen-bond donors (Lipinski definition) is 2. The van der Waals surface area contributed by atoms with E-state index in [1.54, 1.807) is 14.2 Å². The van der Waals surface area contributed by atoms with Gasteiger partial charge in [-0.2, -0.15) is 0 Å². The normalized spacial score (nSPS) is 10.6. The molecule has 0 unspecified atom stereocenters. The molecule has 0 radical (unpaired) electrons. The van der Waals surface area contributed by atoms with Gasteiger partial charge in [0.15, 0.2) is 11.5 Å². The number of aromatic nitrogens is 2. The number of H-pyrrole nitrogens is 1. The van der Waals surface area contributed by atoms with Gasteiger partial charge in [0.2, 0.25) is 5.95 Å². The molecule has 108 valence electrons. The van der Waals surface area contributed by atoms with Crippen molar-refractivity contribution >= 4 is 38.6 Å². The molecule has 6 heteroatoms. The molecule has 0 fully saturated rings. The Labute approximate surface area is 130 Å². The molecule has 0 atom stereocenters. The summed E-state index contributed by atoms with van der Waals surface area (Å²) in [5.41, 5.74) is 2.65. The minimum Gasteiger partial charge on any atom is -0.493 e. The number of rotatable bonds is 4. The highest BCUT2D eigenvalue weighted by Gasteiger charge is 2.10. The molecule has 0 bridgehead atoms. The van der Waals surface area contributed by atoms with Crippen LogP contribution in [0.2, 0.25) is 0 Å². The lowest BCUT2D eigenvalue weighted by atomic mass is 10.3. The predicted molar refractivity (Wildman–Crippen MR) is 86.6 cm³/mol. The molecule has 1 heterocycles. The van der Waals surface area contributed by atoms with Crippen LogP contribution in [0, 0.1) is 0 Å². The van der Waals surface area contributed by atoms with Gasteiger partial charge in [0.1, 0.15) is 0 Å². The van der Waals surface area contributed by atoms with E-state index in [0.29, 0.717) is 17.4 Å². The number of fused-ring (bicyclic) bond motifs is 1.